The molecule has 28 heavy (non-hydrogen) atoms. The van der Waals surface area contributed by atoms with E-state index in [1.807, 2.05) is 17.9 Å². The van der Waals surface area contributed by atoms with Crippen LogP contribution >= 0.6 is 11.6 Å². The zero-order valence-corrected chi connectivity index (χ0v) is 17.4. The van der Waals surface area contributed by atoms with Crippen LogP contribution in [0, 0.1) is 0 Å². The summed E-state index contributed by atoms with van der Waals surface area (Å²) in [6, 6.07) is 3.60. The summed E-state index contributed by atoms with van der Waals surface area (Å²) in [5, 5.41) is 0.469. The van der Waals surface area contributed by atoms with Gasteiger partial charge in [-0.3, -0.25) is 9.69 Å². The molecule has 2 aliphatic heterocycles. The standard InChI is InChI=1S/C21H29ClN2O4/c1-3-27-21-18(22)13-16(14-19(21)26-2)6-7-20(25)24-10-8-23(9-11-24)15-17-5-4-12-28-17/h6-7,13-14,17H,3-5,8-12,15H2,1-2H3. The first-order valence-corrected chi connectivity index (χ1v) is 10.3. The monoisotopic (exact) mass is 408 g/mol. The first-order chi connectivity index (χ1) is 13.6. The van der Waals surface area contributed by atoms with Crippen LogP contribution in [0.5, 0.6) is 11.5 Å². The number of carbonyl (C=O) groups is 1. The molecule has 0 saturated carbocycles. The Balaban J connectivity index is 1.54. The van der Waals surface area contributed by atoms with E-state index in [1.165, 1.54) is 0 Å². The Morgan fingerprint density at radius 1 is 1.32 bits per heavy atom. The molecule has 1 aromatic carbocycles. The quantitative estimate of drug-likeness (QED) is 0.649. The summed E-state index contributed by atoms with van der Waals surface area (Å²) in [7, 11) is 1.57. The lowest BCUT2D eigenvalue weighted by Gasteiger charge is -2.35. The minimum absolute atomic E-state index is 0.0146. The summed E-state index contributed by atoms with van der Waals surface area (Å²) < 4.78 is 16.6. The van der Waals surface area contributed by atoms with E-state index in [9.17, 15) is 4.79 Å². The van der Waals surface area contributed by atoms with Crippen LogP contribution < -0.4 is 9.47 Å². The fraction of sp³-hybridized carbons (Fsp3) is 0.571. The highest BCUT2D eigenvalue weighted by molar-refractivity contribution is 6.32. The van der Waals surface area contributed by atoms with Crippen molar-refractivity contribution >= 4 is 23.6 Å². The molecule has 0 radical (unpaired) electrons. The minimum Gasteiger partial charge on any atom is -0.493 e. The second-order valence-corrected chi connectivity index (χ2v) is 7.47. The zero-order valence-electron chi connectivity index (χ0n) is 16.7. The van der Waals surface area contributed by atoms with Crippen LogP contribution in [0.1, 0.15) is 25.3 Å². The van der Waals surface area contributed by atoms with Gasteiger partial charge in [-0.15, -0.1) is 0 Å². The Morgan fingerprint density at radius 2 is 2.11 bits per heavy atom. The summed E-state index contributed by atoms with van der Waals surface area (Å²) in [4.78, 5) is 16.8. The van der Waals surface area contributed by atoms with Crippen LogP contribution in [-0.4, -0.2) is 74.9 Å². The Labute approximate surface area is 172 Å². The van der Waals surface area contributed by atoms with Crippen LogP contribution in [0.2, 0.25) is 5.02 Å². The van der Waals surface area contributed by atoms with E-state index in [4.69, 9.17) is 25.8 Å². The molecule has 3 rings (SSSR count). The summed E-state index contributed by atoms with van der Waals surface area (Å²) in [5.74, 6) is 1.10. The van der Waals surface area contributed by atoms with Crippen LogP contribution in [-0.2, 0) is 9.53 Å². The number of nitrogens with zero attached hydrogens (tertiary/aromatic N) is 2. The van der Waals surface area contributed by atoms with E-state index in [0.717, 1.165) is 57.7 Å². The van der Waals surface area contributed by atoms with Gasteiger partial charge in [0, 0.05) is 45.4 Å². The second-order valence-electron chi connectivity index (χ2n) is 7.06. The van der Waals surface area contributed by atoms with E-state index in [2.05, 4.69) is 4.90 Å². The lowest BCUT2D eigenvalue weighted by atomic mass is 10.1. The smallest absolute Gasteiger partial charge is 0.246 e. The molecule has 1 amide bonds. The third kappa shape index (κ3) is 5.40. The summed E-state index contributed by atoms with van der Waals surface area (Å²) in [5.41, 5.74) is 0.802. The Morgan fingerprint density at radius 3 is 2.75 bits per heavy atom. The van der Waals surface area contributed by atoms with E-state index in [1.54, 1.807) is 25.3 Å². The average molecular weight is 409 g/mol. The molecule has 1 unspecified atom stereocenters. The summed E-state index contributed by atoms with van der Waals surface area (Å²) >= 11 is 6.29. The first-order valence-electron chi connectivity index (χ1n) is 9.92. The second kappa shape index (κ2) is 10.1. The largest absolute Gasteiger partial charge is 0.493 e. The van der Waals surface area contributed by atoms with E-state index in [-0.39, 0.29) is 5.91 Å². The predicted molar refractivity (Wildman–Crippen MR) is 110 cm³/mol. The van der Waals surface area contributed by atoms with Gasteiger partial charge in [-0.25, -0.2) is 0 Å². The van der Waals surface area contributed by atoms with Crippen LogP contribution in [0.25, 0.3) is 6.08 Å². The van der Waals surface area contributed by atoms with Gasteiger partial charge >= 0.3 is 0 Å². The van der Waals surface area contributed by atoms with Gasteiger partial charge in [0.1, 0.15) is 0 Å². The first kappa shape index (κ1) is 21.0. The highest BCUT2D eigenvalue weighted by Crippen LogP contribution is 2.36. The molecule has 2 aliphatic rings. The third-order valence-electron chi connectivity index (χ3n) is 5.13. The molecule has 2 saturated heterocycles. The zero-order chi connectivity index (χ0) is 19.9. The number of methoxy groups -OCH3 is 1. The maximum atomic E-state index is 12.5. The predicted octanol–water partition coefficient (Wildman–Crippen LogP) is 3.08. The molecule has 1 aromatic rings. The molecule has 0 bridgehead atoms. The highest BCUT2D eigenvalue weighted by Gasteiger charge is 2.24. The molecule has 0 aliphatic carbocycles. The number of halogens is 1. The van der Waals surface area contributed by atoms with Gasteiger partial charge in [0.05, 0.1) is 24.8 Å². The van der Waals surface area contributed by atoms with Gasteiger partial charge in [0.25, 0.3) is 0 Å². The van der Waals surface area contributed by atoms with Crippen molar-refractivity contribution in [2.45, 2.75) is 25.9 Å². The molecular formula is C21H29ClN2O4. The van der Waals surface area contributed by atoms with Crippen molar-refractivity contribution in [3.05, 3.63) is 28.8 Å². The fourth-order valence-electron chi connectivity index (χ4n) is 3.62. The molecule has 1 atom stereocenters. The lowest BCUT2D eigenvalue weighted by Crippen LogP contribution is -2.50. The van der Waals surface area contributed by atoms with Gasteiger partial charge in [-0.1, -0.05) is 11.6 Å². The number of rotatable bonds is 7. The van der Waals surface area contributed by atoms with Crippen molar-refractivity contribution in [3.63, 3.8) is 0 Å². The molecule has 2 fully saturated rings. The normalized spacial score (nSPS) is 20.7. The maximum absolute atomic E-state index is 12.5. The molecule has 2 heterocycles. The van der Waals surface area contributed by atoms with Gasteiger partial charge < -0.3 is 19.1 Å². The molecular weight excluding hydrogens is 380 g/mol. The van der Waals surface area contributed by atoms with Crippen LogP contribution in [0.4, 0.5) is 0 Å². The fourth-order valence-corrected chi connectivity index (χ4v) is 3.89. The van der Waals surface area contributed by atoms with Gasteiger partial charge in [-0.2, -0.15) is 0 Å². The summed E-state index contributed by atoms with van der Waals surface area (Å²) in [6.07, 6.45) is 6.04. The number of piperazine rings is 1. The highest BCUT2D eigenvalue weighted by atomic mass is 35.5. The van der Waals surface area contributed by atoms with E-state index in [0.29, 0.717) is 29.2 Å². The van der Waals surface area contributed by atoms with Crippen molar-refractivity contribution in [2.75, 3.05) is 53.0 Å². The average Bonchev–Trinajstić information content (AvgIpc) is 3.21. The van der Waals surface area contributed by atoms with Crippen molar-refractivity contribution in [2.24, 2.45) is 0 Å². The van der Waals surface area contributed by atoms with Crippen molar-refractivity contribution < 1.29 is 19.0 Å². The molecule has 154 valence electrons. The topological polar surface area (TPSA) is 51.2 Å². The van der Waals surface area contributed by atoms with Crippen LogP contribution in [0.3, 0.4) is 0 Å². The van der Waals surface area contributed by atoms with Crippen LogP contribution in [0.15, 0.2) is 18.2 Å². The lowest BCUT2D eigenvalue weighted by molar-refractivity contribution is -0.127. The van der Waals surface area contributed by atoms with Crippen molar-refractivity contribution in [3.8, 4) is 11.5 Å². The number of hydrogen-bond donors (Lipinski definition) is 0. The van der Waals surface area contributed by atoms with Crippen molar-refractivity contribution in [1.82, 2.24) is 9.80 Å². The number of carbonyl (C=O) groups excluding carboxylic acids is 1. The maximum Gasteiger partial charge on any atom is 0.246 e. The third-order valence-corrected chi connectivity index (χ3v) is 5.41. The molecule has 6 nitrogen and oxygen atoms in total. The number of amides is 1. The molecule has 7 heteroatoms. The number of benzene rings is 1. The Bertz CT molecular complexity index is 696. The molecule has 0 spiro atoms. The molecule has 0 aromatic heterocycles. The minimum atomic E-state index is 0.0146. The Hall–Kier alpha value is -1.76. The SMILES string of the molecule is CCOc1c(Cl)cc(C=CC(=O)N2CCN(CC3CCCO3)CC2)cc1OC. The molecule has 0 N–H and O–H groups in total. The number of hydrogen-bond acceptors (Lipinski definition) is 5. The van der Waals surface area contributed by atoms with Crippen molar-refractivity contribution in [1.29, 1.82) is 0 Å². The van der Waals surface area contributed by atoms with Gasteiger partial charge in [0.2, 0.25) is 5.91 Å². The van der Waals surface area contributed by atoms with Gasteiger partial charge in [-0.05, 0) is 43.5 Å². The van der Waals surface area contributed by atoms with E-state index < -0.39 is 0 Å². The Kier molecular flexibility index (Phi) is 7.59. The van der Waals surface area contributed by atoms with Gasteiger partial charge in [0.15, 0.2) is 11.5 Å². The number of ether oxygens (including phenoxy) is 3. The van der Waals surface area contributed by atoms with E-state index >= 15 is 0 Å². The summed E-state index contributed by atoms with van der Waals surface area (Å²) in [6.45, 7) is 7.51.